The average Bonchev–Trinajstić information content (AvgIpc) is 2.67. The van der Waals surface area contributed by atoms with E-state index in [9.17, 15) is 24.4 Å². The van der Waals surface area contributed by atoms with Crippen LogP contribution in [0.1, 0.15) is 44.9 Å². The van der Waals surface area contributed by atoms with E-state index < -0.39 is 24.8 Å². The third kappa shape index (κ3) is 14.9. The van der Waals surface area contributed by atoms with E-state index >= 15 is 0 Å². The lowest BCUT2D eigenvalue weighted by atomic mass is 10.1. The van der Waals surface area contributed by atoms with Gasteiger partial charge >= 0.3 is 19.5 Å². The Morgan fingerprint density at radius 1 is 1.09 bits per heavy atom. The predicted octanol–water partition coefficient (Wildman–Crippen LogP) is 3.82. The van der Waals surface area contributed by atoms with Crippen LogP contribution in [0.5, 0.6) is 5.75 Å². The predicted molar refractivity (Wildman–Crippen MR) is 124 cm³/mol. The zero-order valence-electron chi connectivity index (χ0n) is 20.0. The summed E-state index contributed by atoms with van der Waals surface area (Å²) in [5.74, 6) is -0.844. The number of phosphoric ester groups is 1. The van der Waals surface area contributed by atoms with Crippen molar-refractivity contribution in [2.24, 2.45) is 0 Å². The summed E-state index contributed by atoms with van der Waals surface area (Å²) in [5, 5.41) is 19.9. The lowest BCUT2D eigenvalue weighted by Gasteiger charge is -2.29. The van der Waals surface area contributed by atoms with Gasteiger partial charge in [0.15, 0.2) is 5.75 Å². The minimum atomic E-state index is -4.34. The fraction of sp³-hybridized carbons (Fsp3) is 0.667. The number of ether oxygens (including phenoxy) is 1. The second kappa shape index (κ2) is 15.8. The van der Waals surface area contributed by atoms with Gasteiger partial charge in [0.25, 0.3) is 0 Å². The molecule has 2 atom stereocenters. The van der Waals surface area contributed by atoms with E-state index in [0.29, 0.717) is 17.5 Å². The Bertz CT molecular complexity index is 800. The summed E-state index contributed by atoms with van der Waals surface area (Å²) >= 11 is 0. The van der Waals surface area contributed by atoms with Crippen molar-refractivity contribution in [1.29, 1.82) is 0 Å². The highest BCUT2D eigenvalue weighted by atomic mass is 31.2. The van der Waals surface area contributed by atoms with Gasteiger partial charge in [-0.25, -0.2) is 4.57 Å². The monoisotopic (exact) mass is 508 g/mol. The Balaban J connectivity index is 0.0000109. The first-order valence-electron chi connectivity index (χ1n) is 10.9. The fourth-order valence-electron chi connectivity index (χ4n) is 3.16. The van der Waals surface area contributed by atoms with Gasteiger partial charge in [-0.2, -0.15) is 0 Å². The van der Waals surface area contributed by atoms with Crippen LogP contribution in [0.15, 0.2) is 24.3 Å². The fourth-order valence-corrected chi connectivity index (χ4v) is 4.10. The number of benzene rings is 1. The molecular formula is C21H37N2O10P. The minimum absolute atomic E-state index is 0. The maximum atomic E-state index is 12.1. The number of rotatable bonds is 18. The number of hydrogen-bond donors (Lipinski definition) is 2. The van der Waals surface area contributed by atoms with Gasteiger partial charge < -0.3 is 24.7 Å². The molecule has 0 fully saturated rings. The number of likely N-dealkylation sites (N-methyl/N-ethyl adjacent to an activating group) is 1. The van der Waals surface area contributed by atoms with Crippen molar-refractivity contribution in [1.82, 2.24) is 0 Å². The molecule has 1 unspecified atom stereocenters. The zero-order chi connectivity index (χ0) is 24.9. The van der Waals surface area contributed by atoms with Crippen LogP contribution in [0.2, 0.25) is 0 Å². The Morgan fingerprint density at radius 2 is 1.65 bits per heavy atom. The number of carboxylic acids is 1. The summed E-state index contributed by atoms with van der Waals surface area (Å²) in [6.07, 6.45) is 3.53. The molecule has 0 heterocycles. The molecule has 196 valence electrons. The molecule has 1 aromatic carbocycles. The second-order valence-corrected chi connectivity index (χ2v) is 10.2. The van der Waals surface area contributed by atoms with Crippen molar-refractivity contribution in [2.45, 2.75) is 51.0 Å². The molecule has 0 aliphatic carbocycles. The number of para-hydroxylation sites is 2. The van der Waals surface area contributed by atoms with E-state index in [2.05, 4.69) is 0 Å². The number of nitro benzene ring substituents is 1. The maximum absolute atomic E-state index is 12.1. The maximum Gasteiger partial charge on any atom is 0.472 e. The molecule has 0 radical (unpaired) electrons. The number of aliphatic carboxylic acids is 1. The quantitative estimate of drug-likeness (QED) is 0.0974. The van der Waals surface area contributed by atoms with Crippen molar-refractivity contribution in [3.05, 3.63) is 34.4 Å². The van der Waals surface area contributed by atoms with Gasteiger partial charge in [0.1, 0.15) is 12.6 Å². The number of carbonyl (C=O) groups is 1. The lowest BCUT2D eigenvalue weighted by Crippen LogP contribution is -2.42. The molecule has 1 aromatic rings. The number of unbranched alkanes of at least 4 members (excludes halogenated alkanes) is 5. The molecule has 34 heavy (non-hydrogen) atoms. The van der Waals surface area contributed by atoms with Crippen molar-refractivity contribution in [3.8, 4) is 5.75 Å². The third-order valence-corrected chi connectivity index (χ3v) is 5.62. The number of nitrogens with zero attached hydrogens (tertiary/aromatic N) is 2. The van der Waals surface area contributed by atoms with Gasteiger partial charge in [0.2, 0.25) is 0 Å². The topological polar surface area (TPSA) is 175 Å². The van der Waals surface area contributed by atoms with Gasteiger partial charge in [-0.3, -0.25) is 24.0 Å². The second-order valence-electron chi connectivity index (χ2n) is 8.79. The molecule has 0 saturated carbocycles. The van der Waals surface area contributed by atoms with Crippen molar-refractivity contribution < 1.29 is 48.0 Å². The van der Waals surface area contributed by atoms with Crippen LogP contribution < -0.4 is 4.74 Å². The van der Waals surface area contributed by atoms with Gasteiger partial charge in [0, 0.05) is 6.07 Å². The highest BCUT2D eigenvalue weighted by Gasteiger charge is 2.31. The summed E-state index contributed by atoms with van der Waals surface area (Å²) in [6, 6.07) is 6.27. The number of nitro groups is 1. The molecule has 1 rings (SSSR count). The number of carboxylic acid groups (broad SMARTS) is 1. The van der Waals surface area contributed by atoms with Crippen LogP contribution in [0.4, 0.5) is 5.69 Å². The van der Waals surface area contributed by atoms with Gasteiger partial charge in [0.05, 0.1) is 45.7 Å². The molecule has 0 amide bonds. The highest BCUT2D eigenvalue weighted by molar-refractivity contribution is 7.47. The summed E-state index contributed by atoms with van der Waals surface area (Å²) in [7, 11) is 1.16. The van der Waals surface area contributed by atoms with Crippen molar-refractivity contribution in [2.75, 3.05) is 40.9 Å². The van der Waals surface area contributed by atoms with E-state index in [0.717, 1.165) is 32.1 Å². The van der Waals surface area contributed by atoms with Crippen LogP contribution in [0.3, 0.4) is 0 Å². The number of hydrogen-bond acceptors (Lipinski definition) is 8. The normalized spacial score (nSPS) is 14.0. The van der Waals surface area contributed by atoms with Gasteiger partial charge in [-0.15, -0.1) is 0 Å². The minimum Gasteiger partial charge on any atom is -0.870 e. The summed E-state index contributed by atoms with van der Waals surface area (Å²) in [6.45, 7) is 0.685. The molecule has 0 saturated heterocycles. The largest absolute Gasteiger partial charge is 0.870 e. The Kier molecular flexibility index (Phi) is 14.8. The number of quaternary nitrogens is 1. The molecule has 12 nitrogen and oxygen atoms in total. The van der Waals surface area contributed by atoms with Crippen LogP contribution in [-0.2, 0) is 18.4 Å². The first kappa shape index (κ1) is 31.9. The lowest BCUT2D eigenvalue weighted by molar-refractivity contribution is -0.873. The van der Waals surface area contributed by atoms with Gasteiger partial charge in [-0.05, 0) is 18.9 Å². The molecular weight excluding hydrogens is 471 g/mol. The van der Waals surface area contributed by atoms with E-state index in [1.54, 1.807) is 18.2 Å². The SMILES string of the molecule is C[N+](C)(C)C[C@@H](CC(=O)O)OP(=O)(O)OCCCCCCCCOc1ccccc1[N+](=O)[O-].[OH-]. The summed E-state index contributed by atoms with van der Waals surface area (Å²) < 4.78 is 28.1. The average molecular weight is 509 g/mol. The summed E-state index contributed by atoms with van der Waals surface area (Å²) in [5.41, 5.74) is -0.0468. The van der Waals surface area contributed by atoms with E-state index in [1.807, 2.05) is 21.1 Å². The molecule has 0 aliphatic rings. The van der Waals surface area contributed by atoms with E-state index in [4.69, 9.17) is 18.9 Å². The zero-order valence-corrected chi connectivity index (χ0v) is 20.9. The first-order chi connectivity index (χ1) is 15.4. The van der Waals surface area contributed by atoms with Crippen LogP contribution in [0.25, 0.3) is 0 Å². The van der Waals surface area contributed by atoms with Crippen LogP contribution in [-0.4, -0.2) is 77.9 Å². The molecule has 3 N–H and O–H groups in total. The molecule has 13 heteroatoms. The molecule has 0 spiro atoms. The standard InChI is InChI=1S/C21H35N2O9P.H2O/c1-23(2,3)17-18(16-21(24)25)32-33(28,29)31-15-11-7-5-4-6-10-14-30-20-13-9-8-12-19(20)22(26)27;/h8-9,12-13,18H,4-7,10-11,14-17H2,1-3H3,(H-,24,25,28,29);1H2/t18-;/m1./s1. The highest BCUT2D eigenvalue weighted by Crippen LogP contribution is 2.45. The van der Waals surface area contributed by atoms with E-state index in [-0.39, 0.29) is 36.5 Å². The number of phosphoric acid groups is 1. The Labute approximate surface area is 200 Å². The van der Waals surface area contributed by atoms with Crippen molar-refractivity contribution >= 4 is 19.5 Å². The van der Waals surface area contributed by atoms with Crippen LogP contribution in [0, 0.1) is 10.1 Å². The first-order valence-corrected chi connectivity index (χ1v) is 12.4. The summed E-state index contributed by atoms with van der Waals surface area (Å²) in [4.78, 5) is 31.4. The molecule has 0 bridgehead atoms. The van der Waals surface area contributed by atoms with Gasteiger partial charge in [-0.1, -0.05) is 37.8 Å². The van der Waals surface area contributed by atoms with Crippen LogP contribution >= 0.6 is 7.82 Å². The van der Waals surface area contributed by atoms with Crippen molar-refractivity contribution in [3.63, 3.8) is 0 Å². The smallest absolute Gasteiger partial charge is 0.472 e. The van der Waals surface area contributed by atoms with E-state index in [1.165, 1.54) is 6.07 Å². The molecule has 0 aromatic heterocycles. The molecule has 0 aliphatic heterocycles. The third-order valence-electron chi connectivity index (χ3n) is 4.55. The Morgan fingerprint density at radius 3 is 2.21 bits per heavy atom. The Hall–Kier alpha value is -2.08.